The molecule has 0 atom stereocenters. The predicted molar refractivity (Wildman–Crippen MR) is 210 cm³/mol. The first-order valence-corrected chi connectivity index (χ1v) is 19.5. The number of carbonyl (C=O) groups excluding carboxylic acids is 4. The molecule has 1 N–H and O–H groups in total. The molecule has 1 fully saturated rings. The number of hydrogen-bond donors (Lipinski definition) is 1. The minimum atomic E-state index is -4.42. The molecule has 55 heavy (non-hydrogen) atoms. The number of unbranched alkanes of at least 4 members (excludes halogenated alkanes) is 2. The highest BCUT2D eigenvalue weighted by molar-refractivity contribution is 7.85. The van der Waals surface area contributed by atoms with Crippen molar-refractivity contribution in [3.8, 4) is 0 Å². The van der Waals surface area contributed by atoms with E-state index in [9.17, 15) is 32.1 Å². The van der Waals surface area contributed by atoms with Gasteiger partial charge in [-0.05, 0) is 67.3 Å². The van der Waals surface area contributed by atoms with Crippen LogP contribution in [0, 0.1) is 5.41 Å². The van der Waals surface area contributed by atoms with E-state index in [0.29, 0.717) is 42.1 Å². The van der Waals surface area contributed by atoms with Gasteiger partial charge in [0, 0.05) is 60.6 Å². The summed E-state index contributed by atoms with van der Waals surface area (Å²) >= 11 is 0. The van der Waals surface area contributed by atoms with Gasteiger partial charge in [0.1, 0.15) is 0 Å². The number of carbonyl (C=O) groups is 4. The van der Waals surface area contributed by atoms with E-state index in [4.69, 9.17) is 9.68 Å². The van der Waals surface area contributed by atoms with E-state index in [2.05, 4.69) is 16.5 Å². The summed E-state index contributed by atoms with van der Waals surface area (Å²) in [5.74, 6) is -1.96. The summed E-state index contributed by atoms with van der Waals surface area (Å²) in [5, 5.41) is 1.71. The van der Waals surface area contributed by atoms with Gasteiger partial charge in [-0.25, -0.2) is 9.86 Å². The van der Waals surface area contributed by atoms with Crippen LogP contribution < -0.4 is 4.90 Å². The molecule has 0 saturated carbocycles. The van der Waals surface area contributed by atoms with Crippen LogP contribution in [0.2, 0.25) is 0 Å². The van der Waals surface area contributed by atoms with E-state index in [1.807, 2.05) is 70.2 Å². The standard InChI is InChI=1S/C41H50N4O9S/c1-9-29(39(49)43(7)53-8)26-31-28(2)42-34(40(31,3)4)18-14-11-10-12-15-19-35-41(5,6)32-27-30(55(50,51)52)21-22-33(32)44(35)25-17-13-16-20-38(48)54-45-36(46)23-24-37(45)47/h9-12,14-15,18-19,21-22,26-27H,2,13,16-17,20,23-25H2,1,3-8H3,(H,50,51,52)/b11-10+,15-12+,18-14+,29-9+,31-26+,35-19+. The molecule has 0 spiro atoms. The molecule has 3 amide bonds. The fourth-order valence-electron chi connectivity index (χ4n) is 6.61. The Labute approximate surface area is 323 Å². The number of amides is 3. The zero-order chi connectivity index (χ0) is 40.7. The Morgan fingerprint density at radius 3 is 2.29 bits per heavy atom. The molecule has 1 aromatic carbocycles. The lowest BCUT2D eigenvalue weighted by Gasteiger charge is -2.27. The first kappa shape index (κ1) is 42.6. The van der Waals surface area contributed by atoms with Crippen LogP contribution in [0.3, 0.4) is 0 Å². The number of benzene rings is 1. The van der Waals surface area contributed by atoms with Gasteiger partial charge in [-0.1, -0.05) is 77.2 Å². The van der Waals surface area contributed by atoms with Crippen molar-refractivity contribution in [1.29, 1.82) is 0 Å². The molecule has 1 aromatic rings. The van der Waals surface area contributed by atoms with E-state index < -0.39 is 38.7 Å². The number of allylic oxidation sites excluding steroid dienone is 10. The third kappa shape index (κ3) is 9.74. The highest BCUT2D eigenvalue weighted by Gasteiger charge is 2.40. The Bertz CT molecular complexity index is 2050. The topological polar surface area (TPSA) is 163 Å². The minimum Gasteiger partial charge on any atom is -0.344 e. The van der Waals surface area contributed by atoms with Crippen LogP contribution in [0.15, 0.2) is 112 Å². The molecule has 3 heterocycles. The molecule has 0 radical (unpaired) electrons. The highest BCUT2D eigenvalue weighted by atomic mass is 32.2. The Kier molecular flexibility index (Phi) is 13.6. The van der Waals surface area contributed by atoms with Crippen molar-refractivity contribution >= 4 is 45.2 Å². The molecule has 0 unspecified atom stereocenters. The fraction of sp³-hybridized carbons (Fsp3) is 0.390. The minimum absolute atomic E-state index is 0.0346. The number of imide groups is 1. The second-order valence-electron chi connectivity index (χ2n) is 14.3. The van der Waals surface area contributed by atoms with Gasteiger partial charge in [0.15, 0.2) is 0 Å². The summed E-state index contributed by atoms with van der Waals surface area (Å²) in [7, 11) is -1.44. The Balaban J connectivity index is 1.44. The van der Waals surface area contributed by atoms with Crippen LogP contribution in [0.25, 0.3) is 0 Å². The molecule has 3 aliphatic rings. The first-order chi connectivity index (χ1) is 25.8. The number of nitrogens with zero attached hydrogens (tertiary/aromatic N) is 4. The monoisotopic (exact) mass is 774 g/mol. The van der Waals surface area contributed by atoms with Crippen molar-refractivity contribution in [3.05, 3.63) is 108 Å². The quantitative estimate of drug-likeness (QED) is 0.0511. The van der Waals surface area contributed by atoms with Crippen molar-refractivity contribution < 1.29 is 41.8 Å². The van der Waals surface area contributed by atoms with Crippen LogP contribution in [0.5, 0.6) is 0 Å². The van der Waals surface area contributed by atoms with Gasteiger partial charge >= 0.3 is 5.97 Å². The molecule has 0 aromatic heterocycles. The van der Waals surface area contributed by atoms with E-state index >= 15 is 0 Å². The SMILES string of the molecule is C=C1N=C(/C=C/C=C/C=C/C=C2/N(CCCCCC(=O)ON3C(=O)CCC3=O)c3ccc(S(=O)(=O)O)cc3C2(C)C)C(C)(C)/C1=C/C(=C\C)C(=O)N(C)OC. The summed E-state index contributed by atoms with van der Waals surface area (Å²) in [6, 6.07) is 4.57. The lowest BCUT2D eigenvalue weighted by Crippen LogP contribution is -2.32. The third-order valence-corrected chi connectivity index (χ3v) is 10.7. The zero-order valence-electron chi connectivity index (χ0n) is 32.5. The van der Waals surface area contributed by atoms with E-state index in [0.717, 1.165) is 33.3 Å². The molecule has 0 bridgehead atoms. The molecule has 0 aliphatic carbocycles. The maximum absolute atomic E-state index is 12.7. The van der Waals surface area contributed by atoms with Crippen molar-refractivity contribution in [3.63, 3.8) is 0 Å². The van der Waals surface area contributed by atoms with Crippen LogP contribution in [-0.2, 0) is 44.4 Å². The molecule has 3 aliphatic heterocycles. The number of anilines is 1. The van der Waals surface area contributed by atoms with Gasteiger partial charge in [0.2, 0.25) is 0 Å². The summed E-state index contributed by atoms with van der Waals surface area (Å²) in [6.45, 7) is 14.5. The van der Waals surface area contributed by atoms with Gasteiger partial charge in [-0.15, -0.1) is 5.06 Å². The zero-order valence-corrected chi connectivity index (χ0v) is 33.3. The van der Waals surface area contributed by atoms with Crippen molar-refractivity contribution in [2.45, 2.75) is 83.5 Å². The number of hydrogen-bond acceptors (Lipinski definition) is 10. The normalized spacial score (nSPS) is 19.9. The molecule has 294 valence electrons. The van der Waals surface area contributed by atoms with Crippen molar-refractivity contribution in [2.24, 2.45) is 10.4 Å². The summed E-state index contributed by atoms with van der Waals surface area (Å²) < 4.78 is 33.8. The second-order valence-corrected chi connectivity index (χ2v) is 15.7. The van der Waals surface area contributed by atoms with Gasteiger partial charge in [-0.2, -0.15) is 8.42 Å². The number of aliphatic imine (C=N–C) groups is 1. The number of hydroxylamine groups is 4. The van der Waals surface area contributed by atoms with Gasteiger partial charge in [0.25, 0.3) is 27.8 Å². The molecular weight excluding hydrogens is 725 g/mol. The van der Waals surface area contributed by atoms with E-state index in [1.165, 1.54) is 19.2 Å². The van der Waals surface area contributed by atoms with Crippen molar-refractivity contribution in [1.82, 2.24) is 10.1 Å². The second kappa shape index (κ2) is 17.5. The Morgan fingerprint density at radius 2 is 1.65 bits per heavy atom. The average Bonchev–Trinajstić information content (AvgIpc) is 3.64. The Hall–Kier alpha value is -5.18. The van der Waals surface area contributed by atoms with Gasteiger partial charge in [0.05, 0.1) is 23.4 Å². The van der Waals surface area contributed by atoms with Gasteiger partial charge in [-0.3, -0.25) is 28.8 Å². The van der Waals surface area contributed by atoms with Crippen molar-refractivity contribution in [2.75, 3.05) is 25.6 Å². The Morgan fingerprint density at radius 1 is 1.00 bits per heavy atom. The fourth-order valence-corrected chi connectivity index (χ4v) is 7.11. The summed E-state index contributed by atoms with van der Waals surface area (Å²) in [5.41, 5.74) is 4.03. The van der Waals surface area contributed by atoms with Crippen LogP contribution in [0.4, 0.5) is 5.69 Å². The predicted octanol–water partition coefficient (Wildman–Crippen LogP) is 6.64. The van der Waals surface area contributed by atoms with E-state index in [-0.39, 0.29) is 30.1 Å². The number of fused-ring (bicyclic) bond motifs is 1. The molecular formula is C41H50N4O9S. The number of rotatable bonds is 15. The molecule has 13 nitrogen and oxygen atoms in total. The van der Waals surface area contributed by atoms with Crippen LogP contribution >= 0.6 is 0 Å². The first-order valence-electron chi connectivity index (χ1n) is 18.0. The van der Waals surface area contributed by atoms with Crippen LogP contribution in [-0.4, -0.2) is 73.2 Å². The smallest absolute Gasteiger partial charge is 0.333 e. The lowest BCUT2D eigenvalue weighted by atomic mass is 9.80. The maximum atomic E-state index is 12.7. The maximum Gasteiger partial charge on any atom is 0.333 e. The van der Waals surface area contributed by atoms with Crippen LogP contribution in [0.1, 0.15) is 78.7 Å². The molecule has 4 rings (SSSR count). The summed E-state index contributed by atoms with van der Waals surface area (Å²) in [6.07, 6.45) is 18.7. The van der Waals surface area contributed by atoms with E-state index in [1.54, 1.807) is 32.2 Å². The highest BCUT2D eigenvalue weighted by Crippen LogP contribution is 2.48. The third-order valence-electron chi connectivity index (χ3n) is 9.87. The average molecular weight is 775 g/mol. The molecule has 14 heteroatoms. The largest absolute Gasteiger partial charge is 0.344 e. The van der Waals surface area contributed by atoms with Gasteiger partial charge < -0.3 is 9.74 Å². The summed E-state index contributed by atoms with van der Waals surface area (Å²) in [4.78, 5) is 65.0. The number of likely N-dealkylation sites (N-methyl/N-ethyl adjacent to an activating group) is 1. The molecule has 1 saturated heterocycles. The lowest BCUT2D eigenvalue weighted by molar-refractivity contribution is -0.197.